The smallest absolute Gasteiger partial charge is 0.343 e. The fourth-order valence-corrected chi connectivity index (χ4v) is 10.1. The molecule has 0 radical (unpaired) electrons. The number of nitrogens with one attached hydrogen (secondary N) is 4. The number of nitrogens with two attached hydrogens (primary N) is 4. The van der Waals surface area contributed by atoms with Gasteiger partial charge in [-0.25, -0.2) is 9.59 Å². The number of carbonyl (C=O) groups is 5. The number of esters is 1. The summed E-state index contributed by atoms with van der Waals surface area (Å²) in [5.74, 6) is -3.36. The highest BCUT2D eigenvalue weighted by Gasteiger charge is 2.17. The Balaban J connectivity index is 0.000000168. The van der Waals surface area contributed by atoms with E-state index in [4.69, 9.17) is 44.4 Å². The molecule has 5 aromatic heterocycles. The molecule has 0 atom stereocenters. The average Bonchev–Trinajstić information content (AvgIpc) is 1.85. The fraction of sp³-hybridized carbons (Fsp3) is 0.0820. The number of aromatic nitrogens is 5. The molecule has 0 saturated heterocycles. The molecule has 0 spiro atoms. The molecule has 13 N–H and O–H groups in total. The van der Waals surface area contributed by atoms with Crippen LogP contribution in [-0.4, -0.2) is 80.4 Å². The largest absolute Gasteiger partial charge is 0.477 e. The van der Waals surface area contributed by atoms with Gasteiger partial charge in [-0.15, -0.1) is 0 Å². The molecule has 87 heavy (non-hydrogen) atoms. The second-order valence-corrected chi connectivity index (χ2v) is 23.0. The normalized spacial score (nSPS) is 10.3. The summed E-state index contributed by atoms with van der Waals surface area (Å²) in [6.07, 6.45) is 6.98. The summed E-state index contributed by atoms with van der Waals surface area (Å²) in [6, 6.07) is 34.9. The first-order valence-electron chi connectivity index (χ1n) is 25.4. The predicted octanol–water partition coefficient (Wildman–Crippen LogP) is 13.1. The Bertz CT molecular complexity index is 4430. The summed E-state index contributed by atoms with van der Waals surface area (Å²) in [4.78, 5) is 97.7. The van der Waals surface area contributed by atoms with Gasteiger partial charge in [0.1, 0.15) is 11.1 Å². The van der Waals surface area contributed by atoms with E-state index in [1.165, 1.54) is 31.0 Å². The van der Waals surface area contributed by atoms with Crippen LogP contribution in [-0.2, 0) is 4.74 Å². The van der Waals surface area contributed by atoms with Gasteiger partial charge in [0, 0.05) is 111 Å². The Hall–Kier alpha value is -8.59. The summed E-state index contributed by atoms with van der Waals surface area (Å²) in [5.41, 5.74) is 28.3. The number of benzene rings is 6. The lowest BCUT2D eigenvalue weighted by molar-refractivity contribution is 0.0523. The van der Waals surface area contributed by atoms with Gasteiger partial charge in [-0.3, -0.25) is 38.9 Å². The molecule has 0 aliphatic carbocycles. The predicted molar refractivity (Wildman–Crippen MR) is 361 cm³/mol. The number of halogens is 6. The lowest BCUT2D eigenvalue weighted by atomic mass is 10.1. The van der Waals surface area contributed by atoms with Crippen molar-refractivity contribution < 1.29 is 33.8 Å². The number of carbonyl (C=O) groups excluding carboxylic acids is 4. The number of aromatic carboxylic acids is 1. The van der Waals surface area contributed by atoms with E-state index in [0.717, 1.165) is 66.6 Å². The minimum atomic E-state index is -1.22. The van der Waals surface area contributed by atoms with E-state index in [-0.39, 0.29) is 28.7 Å². The number of carboxylic acids is 1. The number of aromatic amines is 2. The number of primary amides is 3. The zero-order chi connectivity index (χ0) is 63.8. The van der Waals surface area contributed by atoms with E-state index in [9.17, 15) is 33.6 Å². The maximum Gasteiger partial charge on any atom is 0.343 e. The summed E-state index contributed by atoms with van der Waals surface area (Å²) in [7, 11) is 3.52. The van der Waals surface area contributed by atoms with Crippen molar-refractivity contribution >= 4 is 192 Å². The first-order valence-corrected chi connectivity index (χ1v) is 29.7. The number of nitrogens with zero attached hydrogens (tertiary/aromatic N) is 3. The first kappa shape index (κ1) is 67.5. The molecular weight excluding hydrogens is 1470 g/mol. The molecule has 0 saturated carbocycles. The number of hydrogen-bond acceptors (Lipinski definition) is 14. The maximum atomic E-state index is 12.1. The van der Waals surface area contributed by atoms with Crippen molar-refractivity contribution in [2.24, 2.45) is 17.2 Å². The number of aryl methyl sites for hydroxylation is 1. The zero-order valence-electron chi connectivity index (χ0n) is 46.2. The van der Waals surface area contributed by atoms with Crippen LogP contribution in [0.4, 0.5) is 17.1 Å². The number of ether oxygens (including phenoxy) is 1. The van der Waals surface area contributed by atoms with E-state index in [2.05, 4.69) is 115 Å². The lowest BCUT2D eigenvalue weighted by Gasteiger charge is -2.10. The van der Waals surface area contributed by atoms with Gasteiger partial charge in [0.2, 0.25) is 10.9 Å². The summed E-state index contributed by atoms with van der Waals surface area (Å²) < 4.78 is 9.21. The standard InChI is InChI=1S/C12H10BrNO3.C12H13N3O.C11H10BrN3O.C10H6BrClN2O.C10H6BrNO3.C6H6BrN/c1-2-17-12(16)9-6-14-10-4-3-7(13)5-8(10)11(9)15;1-7-3-4-10-8(5-7)11(14-2)9(6-15-10)12(13)16;1-14-10-7-4-6(12)2-3-9(7)15-5-8(10)11(13)16;11-5-1-2-8-6(3-5)9(12)7(4-14-8)10(13)15;11-5-1-2-8-6(3-5)9(13)7(4-12-8)10(14)15;7-5-1-3-6(8)4-2-5/h3-6H,2H2,1H3,(H,14,15);3-6H,1-2H3,(H2,13,16)(H,14,15);2-5H,1H3,(H2,13,16)(H,14,15);1-4H,(H2,13,15);1-4H,(H,12,13)(H,14,15);1-4H,8H2. The van der Waals surface area contributed by atoms with E-state index in [0.29, 0.717) is 49.0 Å². The molecule has 0 aliphatic rings. The Morgan fingerprint density at radius 2 is 0.908 bits per heavy atom. The van der Waals surface area contributed by atoms with Gasteiger partial charge in [-0.1, -0.05) is 103 Å². The third-order valence-corrected chi connectivity index (χ3v) is 15.1. The maximum absolute atomic E-state index is 12.1. The number of hydrogen-bond donors (Lipinski definition) is 9. The van der Waals surface area contributed by atoms with Gasteiger partial charge in [0.25, 0.3) is 17.7 Å². The molecule has 5 heterocycles. The van der Waals surface area contributed by atoms with Gasteiger partial charge >= 0.3 is 11.9 Å². The Morgan fingerprint density at radius 3 is 1.34 bits per heavy atom. The van der Waals surface area contributed by atoms with E-state index in [1.807, 2.05) is 85.8 Å². The van der Waals surface area contributed by atoms with E-state index < -0.39 is 35.1 Å². The second-order valence-electron chi connectivity index (χ2n) is 18.0. The van der Waals surface area contributed by atoms with Crippen LogP contribution in [0.2, 0.25) is 5.02 Å². The van der Waals surface area contributed by atoms with Crippen LogP contribution >= 0.6 is 91.3 Å². The van der Waals surface area contributed by atoms with Crippen molar-refractivity contribution in [3.63, 3.8) is 0 Å². The molecule has 26 heteroatoms. The molecule has 446 valence electrons. The quantitative estimate of drug-likeness (QED) is 0.0504. The van der Waals surface area contributed by atoms with Crippen molar-refractivity contribution in [1.82, 2.24) is 24.9 Å². The van der Waals surface area contributed by atoms with Crippen LogP contribution in [0.1, 0.15) is 64.3 Å². The van der Waals surface area contributed by atoms with Crippen LogP contribution in [0.3, 0.4) is 0 Å². The number of nitrogen functional groups attached to an aromatic ring is 1. The summed E-state index contributed by atoms with van der Waals surface area (Å²) >= 11 is 22.6. The van der Waals surface area contributed by atoms with Crippen molar-refractivity contribution in [2.75, 3.05) is 37.1 Å². The number of anilines is 3. The first-order chi connectivity index (χ1) is 41.4. The van der Waals surface area contributed by atoms with Crippen LogP contribution in [0.25, 0.3) is 54.5 Å². The van der Waals surface area contributed by atoms with Gasteiger partial charge in [-0.05, 0) is 123 Å². The van der Waals surface area contributed by atoms with Crippen molar-refractivity contribution in [2.45, 2.75) is 13.8 Å². The molecule has 6 aromatic carbocycles. The topological polar surface area (TPSA) is 347 Å². The molecule has 11 rings (SSSR count). The van der Waals surface area contributed by atoms with Crippen LogP contribution in [0.5, 0.6) is 0 Å². The molecule has 3 amide bonds. The highest BCUT2D eigenvalue weighted by molar-refractivity contribution is 9.11. The fourth-order valence-electron chi connectivity index (χ4n) is 8.05. The number of rotatable bonds is 8. The molecule has 0 bridgehead atoms. The Labute approximate surface area is 542 Å². The van der Waals surface area contributed by atoms with Crippen LogP contribution < -0.4 is 44.4 Å². The van der Waals surface area contributed by atoms with Gasteiger partial charge in [0.15, 0.2) is 0 Å². The third-order valence-electron chi connectivity index (χ3n) is 12.2. The molecule has 0 fully saturated rings. The molecule has 20 nitrogen and oxygen atoms in total. The van der Waals surface area contributed by atoms with Crippen LogP contribution in [0, 0.1) is 6.92 Å². The average molecular weight is 1520 g/mol. The molecule has 11 aromatic rings. The molecule has 0 aliphatic heterocycles. The Morgan fingerprint density at radius 1 is 0.529 bits per heavy atom. The SMILES string of the molecule is CCOC(=O)c1c[nH]c2ccc(Br)cc2c1=O.CNc1c(C(N)=O)cnc2ccc(Br)cc12.CNc1c(C(N)=O)cnc2ccc(C)cc12.NC(=O)c1cnc2ccc(Br)cc2c1Cl.Nc1ccc(Br)cc1.O=C(O)c1c[nH]c2ccc(Br)cc2c1=O. The van der Waals surface area contributed by atoms with Gasteiger partial charge < -0.3 is 53.4 Å². The highest BCUT2D eigenvalue weighted by Crippen LogP contribution is 2.30. The Kier molecular flexibility index (Phi) is 24.2. The zero-order valence-corrected chi connectivity index (χ0v) is 54.9. The van der Waals surface area contributed by atoms with Crippen LogP contribution in [0.15, 0.2) is 178 Å². The van der Waals surface area contributed by atoms with Crippen molar-refractivity contribution in [3.05, 3.63) is 227 Å². The van der Waals surface area contributed by atoms with Crippen molar-refractivity contribution in [1.29, 1.82) is 0 Å². The number of H-pyrrole nitrogens is 2. The monoisotopic (exact) mass is 1510 g/mol. The lowest BCUT2D eigenvalue weighted by Crippen LogP contribution is -2.18. The number of pyridine rings is 5. The van der Waals surface area contributed by atoms with E-state index in [1.54, 1.807) is 57.4 Å². The number of carboxylic acid groups (broad SMARTS) is 1. The van der Waals surface area contributed by atoms with Gasteiger partial charge in [0.05, 0.1) is 56.2 Å². The molecular formula is C61H51Br5ClN11O9. The van der Waals surface area contributed by atoms with E-state index >= 15 is 0 Å². The summed E-state index contributed by atoms with van der Waals surface area (Å²) in [6.45, 7) is 3.94. The summed E-state index contributed by atoms with van der Waals surface area (Å²) in [5, 5.41) is 18.4. The third kappa shape index (κ3) is 17.5. The number of amides is 3. The van der Waals surface area contributed by atoms with Gasteiger partial charge in [-0.2, -0.15) is 0 Å². The second kappa shape index (κ2) is 31.2. The minimum Gasteiger partial charge on any atom is -0.477 e. The number of fused-ring (bicyclic) bond motifs is 5. The molecule has 0 unspecified atom stereocenters. The minimum absolute atomic E-state index is 0.0254. The highest BCUT2D eigenvalue weighted by atomic mass is 79.9. The van der Waals surface area contributed by atoms with Crippen molar-refractivity contribution in [3.8, 4) is 0 Å².